The SMILES string of the molecule is C=C1C[C@H](O)[C@H]2[C@H](C)C(=O)O[C@@H]2/C=C(\C)CCC1=O. The van der Waals surface area contributed by atoms with E-state index in [2.05, 4.69) is 6.58 Å². The minimum Gasteiger partial charge on any atom is -0.457 e. The monoisotopic (exact) mass is 264 g/mol. The quantitative estimate of drug-likeness (QED) is 0.411. The van der Waals surface area contributed by atoms with Gasteiger partial charge < -0.3 is 9.84 Å². The normalized spacial score (nSPS) is 39.3. The van der Waals surface area contributed by atoms with Crippen LogP contribution >= 0.6 is 0 Å². The van der Waals surface area contributed by atoms with E-state index in [1.165, 1.54) is 0 Å². The van der Waals surface area contributed by atoms with E-state index in [9.17, 15) is 14.7 Å². The second kappa shape index (κ2) is 5.29. The van der Waals surface area contributed by atoms with E-state index < -0.39 is 12.2 Å². The maximum absolute atomic E-state index is 11.8. The molecule has 0 spiro atoms. The molecule has 4 atom stereocenters. The molecule has 0 bridgehead atoms. The van der Waals surface area contributed by atoms with E-state index in [1.54, 1.807) is 6.92 Å². The highest BCUT2D eigenvalue weighted by atomic mass is 16.6. The number of carbonyl (C=O) groups is 2. The van der Waals surface area contributed by atoms with Crippen molar-refractivity contribution in [3.63, 3.8) is 0 Å². The number of ether oxygens (including phenoxy) is 1. The van der Waals surface area contributed by atoms with Crippen molar-refractivity contribution in [3.05, 3.63) is 23.8 Å². The van der Waals surface area contributed by atoms with Crippen LogP contribution in [0, 0.1) is 11.8 Å². The molecule has 4 nitrogen and oxygen atoms in total. The molecule has 0 radical (unpaired) electrons. The molecule has 0 aromatic rings. The summed E-state index contributed by atoms with van der Waals surface area (Å²) in [5, 5.41) is 10.3. The molecule has 0 saturated carbocycles. The summed E-state index contributed by atoms with van der Waals surface area (Å²) in [5.74, 6) is -0.950. The highest BCUT2D eigenvalue weighted by Gasteiger charge is 2.45. The standard InChI is InChI=1S/C15H20O4/c1-8-4-5-11(16)9(2)7-12(17)14-10(3)15(18)19-13(14)6-8/h6,10,12-14,17H,2,4-5,7H2,1,3H3/b8-6+/t10-,12-,13+,14+/m0/s1. The molecule has 0 amide bonds. The Morgan fingerprint density at radius 2 is 2.05 bits per heavy atom. The maximum Gasteiger partial charge on any atom is 0.309 e. The first kappa shape index (κ1) is 14.0. The maximum atomic E-state index is 11.8. The fourth-order valence-electron chi connectivity index (χ4n) is 2.81. The van der Waals surface area contributed by atoms with E-state index in [0.29, 0.717) is 18.4 Å². The van der Waals surface area contributed by atoms with Crippen LogP contribution in [-0.2, 0) is 14.3 Å². The highest BCUT2D eigenvalue weighted by molar-refractivity contribution is 5.94. The molecule has 1 N–H and O–H groups in total. The van der Waals surface area contributed by atoms with Crippen molar-refractivity contribution in [2.75, 3.05) is 0 Å². The van der Waals surface area contributed by atoms with E-state index in [-0.39, 0.29) is 30.0 Å². The molecule has 1 heterocycles. The van der Waals surface area contributed by atoms with Crippen LogP contribution in [0.25, 0.3) is 0 Å². The summed E-state index contributed by atoms with van der Waals surface area (Å²) in [7, 11) is 0. The Morgan fingerprint density at radius 3 is 2.74 bits per heavy atom. The number of hydrogen-bond acceptors (Lipinski definition) is 4. The van der Waals surface area contributed by atoms with Crippen LogP contribution in [0.1, 0.15) is 33.1 Å². The summed E-state index contributed by atoms with van der Waals surface area (Å²) < 4.78 is 5.32. The molecule has 19 heavy (non-hydrogen) atoms. The van der Waals surface area contributed by atoms with Crippen LogP contribution in [0.4, 0.5) is 0 Å². The Hall–Kier alpha value is -1.42. The van der Waals surface area contributed by atoms with Crippen molar-refractivity contribution in [1.82, 2.24) is 0 Å². The smallest absolute Gasteiger partial charge is 0.309 e. The van der Waals surface area contributed by atoms with E-state index >= 15 is 0 Å². The Balaban J connectivity index is 2.32. The van der Waals surface area contributed by atoms with Crippen molar-refractivity contribution in [1.29, 1.82) is 0 Å². The zero-order valence-electron chi connectivity index (χ0n) is 11.4. The molecule has 1 fully saturated rings. The third kappa shape index (κ3) is 2.78. The predicted octanol–water partition coefficient (Wildman–Crippen LogP) is 1.78. The molecule has 2 aliphatic rings. The number of rotatable bonds is 0. The van der Waals surface area contributed by atoms with Gasteiger partial charge in [0.15, 0.2) is 5.78 Å². The first-order chi connectivity index (χ1) is 8.90. The number of aliphatic hydroxyl groups excluding tert-OH is 1. The number of allylic oxidation sites excluding steroid dienone is 1. The Kier molecular flexibility index (Phi) is 3.90. The number of ketones is 1. The van der Waals surface area contributed by atoms with Gasteiger partial charge in [-0.25, -0.2) is 0 Å². The molecule has 1 aliphatic carbocycles. The van der Waals surface area contributed by atoms with Gasteiger partial charge >= 0.3 is 5.97 Å². The van der Waals surface area contributed by atoms with Gasteiger partial charge in [0.1, 0.15) is 6.10 Å². The van der Waals surface area contributed by atoms with Gasteiger partial charge in [-0.1, -0.05) is 19.1 Å². The number of Topliss-reactive ketones (excluding diaryl/α,β-unsaturated/α-hetero) is 1. The van der Waals surface area contributed by atoms with Crippen LogP contribution in [0.15, 0.2) is 23.8 Å². The van der Waals surface area contributed by atoms with Gasteiger partial charge in [0, 0.05) is 18.8 Å². The summed E-state index contributed by atoms with van der Waals surface area (Å²) in [5.41, 5.74) is 1.44. The van der Waals surface area contributed by atoms with Crippen LogP contribution < -0.4 is 0 Å². The van der Waals surface area contributed by atoms with E-state index in [4.69, 9.17) is 4.74 Å². The Morgan fingerprint density at radius 1 is 1.37 bits per heavy atom. The molecular formula is C15H20O4. The second-order valence-electron chi connectivity index (χ2n) is 5.58. The van der Waals surface area contributed by atoms with Crippen molar-refractivity contribution in [2.24, 2.45) is 11.8 Å². The minimum absolute atomic E-state index is 0.0110. The fraction of sp³-hybridized carbons (Fsp3) is 0.600. The number of fused-ring (bicyclic) bond motifs is 1. The number of aliphatic hydroxyl groups is 1. The molecule has 1 saturated heterocycles. The molecule has 2 rings (SSSR count). The third-order valence-corrected chi connectivity index (χ3v) is 4.07. The zero-order valence-corrected chi connectivity index (χ0v) is 11.4. The fourth-order valence-corrected chi connectivity index (χ4v) is 2.81. The number of esters is 1. The van der Waals surface area contributed by atoms with Gasteiger partial charge in [-0.3, -0.25) is 9.59 Å². The molecule has 1 aliphatic heterocycles. The van der Waals surface area contributed by atoms with Gasteiger partial charge in [0.05, 0.1) is 12.0 Å². The lowest BCUT2D eigenvalue weighted by Gasteiger charge is -2.25. The summed E-state index contributed by atoms with van der Waals surface area (Å²) >= 11 is 0. The predicted molar refractivity (Wildman–Crippen MR) is 70.3 cm³/mol. The van der Waals surface area contributed by atoms with Gasteiger partial charge in [-0.2, -0.15) is 0 Å². The second-order valence-corrected chi connectivity index (χ2v) is 5.58. The summed E-state index contributed by atoms with van der Waals surface area (Å²) in [6.07, 6.45) is 1.96. The van der Waals surface area contributed by atoms with Crippen LogP contribution in [0.2, 0.25) is 0 Å². The molecule has 0 unspecified atom stereocenters. The third-order valence-electron chi connectivity index (χ3n) is 4.07. The molecule has 0 aromatic carbocycles. The van der Waals surface area contributed by atoms with Crippen molar-refractivity contribution < 1.29 is 19.4 Å². The first-order valence-electron chi connectivity index (χ1n) is 6.67. The lowest BCUT2D eigenvalue weighted by molar-refractivity contribution is -0.142. The molecule has 0 aromatic heterocycles. The van der Waals surface area contributed by atoms with E-state index in [0.717, 1.165) is 5.57 Å². The summed E-state index contributed by atoms with van der Waals surface area (Å²) in [4.78, 5) is 23.5. The van der Waals surface area contributed by atoms with Crippen molar-refractivity contribution in [2.45, 2.75) is 45.3 Å². The topological polar surface area (TPSA) is 63.6 Å². The van der Waals surface area contributed by atoms with Crippen molar-refractivity contribution >= 4 is 11.8 Å². The van der Waals surface area contributed by atoms with Crippen molar-refractivity contribution in [3.8, 4) is 0 Å². The summed E-state index contributed by atoms with van der Waals surface area (Å²) in [6, 6.07) is 0. The first-order valence-corrected chi connectivity index (χ1v) is 6.67. The van der Waals surface area contributed by atoms with Gasteiger partial charge in [0.25, 0.3) is 0 Å². The largest absolute Gasteiger partial charge is 0.457 e. The van der Waals surface area contributed by atoms with Gasteiger partial charge in [-0.05, 0) is 25.0 Å². The molecular weight excluding hydrogens is 244 g/mol. The molecule has 4 heteroatoms. The Bertz CT molecular complexity index is 449. The lowest BCUT2D eigenvalue weighted by atomic mass is 9.81. The van der Waals surface area contributed by atoms with Crippen LogP contribution in [0.3, 0.4) is 0 Å². The van der Waals surface area contributed by atoms with Crippen LogP contribution in [-0.4, -0.2) is 29.1 Å². The Labute approximate surface area is 113 Å². The zero-order chi connectivity index (χ0) is 14.2. The average molecular weight is 264 g/mol. The van der Waals surface area contributed by atoms with Gasteiger partial charge in [-0.15, -0.1) is 0 Å². The number of hydrogen-bond donors (Lipinski definition) is 1. The van der Waals surface area contributed by atoms with Gasteiger partial charge in [0.2, 0.25) is 0 Å². The highest BCUT2D eigenvalue weighted by Crippen LogP contribution is 2.35. The van der Waals surface area contributed by atoms with Crippen LogP contribution in [0.5, 0.6) is 0 Å². The summed E-state index contributed by atoms with van der Waals surface area (Å²) in [6.45, 7) is 7.42. The van der Waals surface area contributed by atoms with E-state index in [1.807, 2.05) is 13.0 Å². The number of carbonyl (C=O) groups excluding carboxylic acids is 2. The minimum atomic E-state index is -0.773. The molecule has 104 valence electrons. The lowest BCUT2D eigenvalue weighted by Crippen LogP contribution is -2.32. The average Bonchev–Trinajstić information content (AvgIpc) is 2.60.